The lowest BCUT2D eigenvalue weighted by molar-refractivity contribution is -0.154. The topological polar surface area (TPSA) is 55.8 Å². The molecule has 0 radical (unpaired) electrons. The van der Waals surface area contributed by atoms with Crippen molar-refractivity contribution in [3.63, 3.8) is 0 Å². The van der Waals surface area contributed by atoms with E-state index in [1.807, 2.05) is 0 Å². The zero-order valence-corrected chi connectivity index (χ0v) is 34.3. The van der Waals surface area contributed by atoms with Crippen LogP contribution in [-0.4, -0.2) is 37.0 Å². The molecular weight excluding hydrogens is 641 g/mol. The minimum Gasteiger partial charge on any atom is -0.457 e. The lowest BCUT2D eigenvalue weighted by Crippen LogP contribution is -2.27. The molecule has 0 aromatic carbocycles. The molecule has 0 aliphatic heterocycles. The Kier molecular flexibility index (Phi) is 43.1. The molecule has 0 aliphatic rings. The molecule has 4 nitrogen and oxygen atoms in total. The summed E-state index contributed by atoms with van der Waals surface area (Å²) < 4.78 is 11.2. The number of carbonyl (C=O) groups excluding carboxylic acids is 1. The predicted octanol–water partition coefficient (Wildman–Crippen LogP) is 14.6. The minimum absolute atomic E-state index is 0.181. The average Bonchev–Trinajstić information content (AvgIpc) is 3.15. The molecule has 52 heavy (non-hydrogen) atoms. The van der Waals surface area contributed by atoms with Crippen molar-refractivity contribution < 1.29 is 19.4 Å². The minimum atomic E-state index is -0.546. The van der Waals surface area contributed by atoms with E-state index in [0.717, 1.165) is 70.6 Å². The first-order valence-electron chi connectivity index (χ1n) is 22.0. The van der Waals surface area contributed by atoms with Crippen LogP contribution in [0.15, 0.2) is 72.9 Å². The number of aliphatic hydroxyl groups is 1. The molecule has 0 rings (SSSR count). The zero-order valence-electron chi connectivity index (χ0n) is 34.3. The van der Waals surface area contributed by atoms with Crippen molar-refractivity contribution in [1.29, 1.82) is 0 Å². The van der Waals surface area contributed by atoms with Crippen molar-refractivity contribution >= 4 is 5.97 Å². The molecule has 0 spiro atoms. The van der Waals surface area contributed by atoms with Crippen molar-refractivity contribution in [1.82, 2.24) is 0 Å². The quantitative estimate of drug-likeness (QED) is 0.0388. The summed E-state index contributed by atoms with van der Waals surface area (Å²) in [5.74, 6) is -0.208. The number of aliphatic hydroxyl groups excluding tert-OH is 1. The molecule has 300 valence electrons. The third kappa shape index (κ3) is 42.2. The molecule has 0 saturated carbocycles. The van der Waals surface area contributed by atoms with Gasteiger partial charge in [0, 0.05) is 13.0 Å². The SMILES string of the molecule is CC/C=C\C/C=C\C/C=C\C/C=C\C/C=C\C/C=C\CCCCCCCOCC(CO)OC(=O)CCCCCCCCCCCCCCCCCC. The maximum atomic E-state index is 12.2. The second kappa shape index (κ2) is 45.0. The Hall–Kier alpha value is -2.17. The monoisotopic (exact) mass is 725 g/mol. The fourth-order valence-electron chi connectivity index (χ4n) is 6.04. The second-order valence-electron chi connectivity index (χ2n) is 14.4. The fraction of sp³-hybridized carbons (Fsp3) is 0.729. The summed E-state index contributed by atoms with van der Waals surface area (Å²) in [6, 6.07) is 0. The summed E-state index contributed by atoms with van der Waals surface area (Å²) in [6.07, 6.45) is 61.0. The molecule has 4 heteroatoms. The molecule has 1 unspecified atom stereocenters. The van der Waals surface area contributed by atoms with Gasteiger partial charge in [-0.2, -0.15) is 0 Å². The smallest absolute Gasteiger partial charge is 0.306 e. The summed E-state index contributed by atoms with van der Waals surface area (Å²) >= 11 is 0. The summed E-state index contributed by atoms with van der Waals surface area (Å²) in [5, 5.41) is 9.61. The van der Waals surface area contributed by atoms with Crippen LogP contribution in [0, 0.1) is 0 Å². The number of carbonyl (C=O) groups is 1. The highest BCUT2D eigenvalue weighted by Gasteiger charge is 2.13. The van der Waals surface area contributed by atoms with Gasteiger partial charge in [0.25, 0.3) is 0 Å². The van der Waals surface area contributed by atoms with Gasteiger partial charge in [-0.15, -0.1) is 0 Å². The van der Waals surface area contributed by atoms with E-state index in [4.69, 9.17) is 9.47 Å². The van der Waals surface area contributed by atoms with E-state index in [9.17, 15) is 9.90 Å². The van der Waals surface area contributed by atoms with Gasteiger partial charge < -0.3 is 14.6 Å². The Morgan fingerprint density at radius 3 is 1.31 bits per heavy atom. The average molecular weight is 725 g/mol. The van der Waals surface area contributed by atoms with E-state index in [0.29, 0.717) is 13.0 Å². The highest BCUT2D eigenvalue weighted by molar-refractivity contribution is 5.69. The Balaban J connectivity index is 3.51. The lowest BCUT2D eigenvalue weighted by atomic mass is 10.0. The zero-order chi connectivity index (χ0) is 37.7. The first kappa shape index (κ1) is 49.8. The van der Waals surface area contributed by atoms with Gasteiger partial charge in [-0.1, -0.05) is 202 Å². The van der Waals surface area contributed by atoms with Crippen LogP contribution in [0.25, 0.3) is 0 Å². The highest BCUT2D eigenvalue weighted by atomic mass is 16.6. The van der Waals surface area contributed by atoms with Gasteiger partial charge in [-0.3, -0.25) is 4.79 Å². The normalized spacial score (nSPS) is 13.1. The number of unbranched alkanes of at least 4 members (excludes halogenated alkanes) is 20. The summed E-state index contributed by atoms with van der Waals surface area (Å²) in [6.45, 7) is 5.20. The molecule has 0 aliphatic carbocycles. The number of rotatable bonds is 40. The van der Waals surface area contributed by atoms with Crippen molar-refractivity contribution in [2.45, 2.75) is 206 Å². The third-order valence-electron chi connectivity index (χ3n) is 9.30. The Labute approximate surface area is 323 Å². The fourth-order valence-corrected chi connectivity index (χ4v) is 6.04. The van der Waals surface area contributed by atoms with Crippen LogP contribution in [-0.2, 0) is 14.3 Å². The van der Waals surface area contributed by atoms with Crippen molar-refractivity contribution in [2.24, 2.45) is 0 Å². The van der Waals surface area contributed by atoms with Gasteiger partial charge in [-0.25, -0.2) is 0 Å². The van der Waals surface area contributed by atoms with Crippen LogP contribution >= 0.6 is 0 Å². The van der Waals surface area contributed by atoms with Crippen LogP contribution in [0.5, 0.6) is 0 Å². The first-order chi connectivity index (χ1) is 25.7. The number of esters is 1. The van der Waals surface area contributed by atoms with Gasteiger partial charge >= 0.3 is 5.97 Å². The van der Waals surface area contributed by atoms with E-state index in [1.165, 1.54) is 109 Å². The number of hydrogen-bond acceptors (Lipinski definition) is 4. The maximum Gasteiger partial charge on any atom is 0.306 e. The third-order valence-corrected chi connectivity index (χ3v) is 9.30. The molecule has 0 heterocycles. The molecule has 0 amide bonds. The molecule has 0 saturated heterocycles. The Morgan fingerprint density at radius 2 is 0.865 bits per heavy atom. The van der Waals surface area contributed by atoms with E-state index in [1.54, 1.807) is 0 Å². The second-order valence-corrected chi connectivity index (χ2v) is 14.4. The van der Waals surface area contributed by atoms with Gasteiger partial charge in [0.15, 0.2) is 0 Å². The number of ether oxygens (including phenoxy) is 2. The molecule has 0 fully saturated rings. The van der Waals surface area contributed by atoms with Gasteiger partial charge in [0.1, 0.15) is 6.10 Å². The number of allylic oxidation sites excluding steroid dienone is 12. The standard InChI is InChI=1S/C48H84O4/c1-3-5-7-9-11-13-15-17-19-21-22-23-24-25-26-27-28-30-32-34-36-38-40-42-44-51-46-47(45-49)52-48(50)43-41-39-37-35-33-31-29-20-18-16-14-12-10-8-6-4-2/h5,7,11,13,17,19,22-23,25-26,28,30,47,49H,3-4,6,8-10,12,14-16,18,20-21,24,27,29,31-46H2,1-2H3/b7-5-,13-11-,19-17-,23-22-,26-25-,30-28-. The van der Waals surface area contributed by atoms with Crippen LogP contribution in [0.3, 0.4) is 0 Å². The van der Waals surface area contributed by atoms with Crippen LogP contribution < -0.4 is 0 Å². The van der Waals surface area contributed by atoms with Crippen molar-refractivity contribution in [2.75, 3.05) is 19.8 Å². The lowest BCUT2D eigenvalue weighted by Gasteiger charge is -2.15. The summed E-state index contributed by atoms with van der Waals surface area (Å²) in [5.41, 5.74) is 0. The molecule has 0 aromatic heterocycles. The molecule has 1 atom stereocenters. The van der Waals surface area contributed by atoms with E-state index < -0.39 is 6.10 Å². The predicted molar refractivity (Wildman–Crippen MR) is 228 cm³/mol. The molecular formula is C48H84O4. The van der Waals surface area contributed by atoms with E-state index >= 15 is 0 Å². The maximum absolute atomic E-state index is 12.2. The summed E-state index contributed by atoms with van der Waals surface area (Å²) in [4.78, 5) is 12.2. The highest BCUT2D eigenvalue weighted by Crippen LogP contribution is 2.14. The van der Waals surface area contributed by atoms with Gasteiger partial charge in [-0.05, 0) is 64.2 Å². The largest absolute Gasteiger partial charge is 0.457 e. The van der Waals surface area contributed by atoms with Crippen LogP contribution in [0.1, 0.15) is 200 Å². The van der Waals surface area contributed by atoms with Gasteiger partial charge in [0.05, 0.1) is 13.2 Å². The van der Waals surface area contributed by atoms with E-state index in [-0.39, 0.29) is 19.2 Å². The molecule has 0 bridgehead atoms. The molecule has 0 aromatic rings. The van der Waals surface area contributed by atoms with E-state index in [2.05, 4.69) is 86.8 Å². The van der Waals surface area contributed by atoms with Crippen LogP contribution in [0.2, 0.25) is 0 Å². The van der Waals surface area contributed by atoms with Gasteiger partial charge in [0.2, 0.25) is 0 Å². The van der Waals surface area contributed by atoms with Crippen molar-refractivity contribution in [3.05, 3.63) is 72.9 Å². The Bertz CT molecular complexity index is 896. The first-order valence-corrected chi connectivity index (χ1v) is 22.0. The summed E-state index contributed by atoms with van der Waals surface area (Å²) in [7, 11) is 0. The molecule has 1 N–H and O–H groups in total. The Morgan fingerprint density at radius 1 is 0.481 bits per heavy atom. The number of hydrogen-bond donors (Lipinski definition) is 1. The van der Waals surface area contributed by atoms with Crippen LogP contribution in [0.4, 0.5) is 0 Å². The van der Waals surface area contributed by atoms with Crippen molar-refractivity contribution in [3.8, 4) is 0 Å².